The summed E-state index contributed by atoms with van der Waals surface area (Å²) in [5, 5.41) is 0. The summed E-state index contributed by atoms with van der Waals surface area (Å²) in [5.74, 6) is 0. The van der Waals surface area contributed by atoms with Gasteiger partial charge in [-0.3, -0.25) is 4.57 Å². The number of aliphatic imine (C=N–C) groups is 1. The zero-order valence-electron chi connectivity index (χ0n) is 5.86. The van der Waals surface area contributed by atoms with Gasteiger partial charge in [-0.2, -0.15) is 0 Å². The molecule has 0 aliphatic rings. The van der Waals surface area contributed by atoms with Gasteiger partial charge in [0.2, 0.25) is 0 Å². The van der Waals surface area contributed by atoms with Crippen LogP contribution in [-0.2, 0) is 0 Å². The highest BCUT2D eigenvalue weighted by atomic mass is 15.1. The maximum absolute atomic E-state index is 3.91. The van der Waals surface area contributed by atoms with Gasteiger partial charge in [0.25, 0.3) is 0 Å². The zero-order chi connectivity index (χ0) is 7.40. The molecular formula is C7H9N3. The third-order valence-corrected chi connectivity index (χ3v) is 1.16. The molecule has 0 aliphatic heterocycles. The van der Waals surface area contributed by atoms with Crippen LogP contribution in [0.2, 0.25) is 0 Å². The van der Waals surface area contributed by atoms with Crippen molar-refractivity contribution in [2.75, 3.05) is 0 Å². The van der Waals surface area contributed by atoms with Crippen molar-refractivity contribution in [3.63, 3.8) is 0 Å². The molecule has 0 unspecified atom stereocenters. The van der Waals surface area contributed by atoms with E-state index < -0.39 is 0 Å². The van der Waals surface area contributed by atoms with Crippen LogP contribution in [0.5, 0.6) is 0 Å². The molecule has 0 spiro atoms. The second kappa shape index (κ2) is 2.96. The van der Waals surface area contributed by atoms with Crippen LogP contribution in [0.1, 0.15) is 5.69 Å². The second-order valence-electron chi connectivity index (χ2n) is 1.89. The van der Waals surface area contributed by atoms with Gasteiger partial charge in [0.15, 0.2) is 0 Å². The van der Waals surface area contributed by atoms with E-state index in [0.29, 0.717) is 0 Å². The SMILES string of the molecule is C=C/N=C\n1cncc1C. The Hall–Kier alpha value is -1.38. The summed E-state index contributed by atoms with van der Waals surface area (Å²) >= 11 is 0. The smallest absolute Gasteiger partial charge is 0.100 e. The maximum atomic E-state index is 3.91. The van der Waals surface area contributed by atoms with E-state index in [1.807, 2.05) is 11.5 Å². The maximum Gasteiger partial charge on any atom is 0.100 e. The Morgan fingerprint density at radius 1 is 1.80 bits per heavy atom. The normalized spacial score (nSPS) is 10.5. The minimum atomic E-state index is 1.06. The number of aryl methyl sites for hydroxylation is 1. The van der Waals surface area contributed by atoms with E-state index in [2.05, 4.69) is 16.6 Å². The molecule has 3 heteroatoms. The van der Waals surface area contributed by atoms with Crippen LogP contribution in [0.3, 0.4) is 0 Å². The lowest BCUT2D eigenvalue weighted by molar-refractivity contribution is 1.10. The van der Waals surface area contributed by atoms with Crippen LogP contribution >= 0.6 is 0 Å². The van der Waals surface area contributed by atoms with Gasteiger partial charge in [0, 0.05) is 18.1 Å². The standard InChI is InChI=1S/C7H9N3/c1-3-8-5-10-6-9-4-7(10)2/h3-6H,1H2,2H3/b8-5-. The van der Waals surface area contributed by atoms with E-state index in [-0.39, 0.29) is 0 Å². The highest BCUT2D eigenvalue weighted by Gasteiger charge is 1.88. The molecule has 0 radical (unpaired) electrons. The molecule has 1 aromatic heterocycles. The van der Waals surface area contributed by atoms with E-state index in [4.69, 9.17) is 0 Å². The molecule has 0 saturated heterocycles. The molecule has 0 bridgehead atoms. The predicted molar refractivity (Wildman–Crippen MR) is 41.1 cm³/mol. The molecule has 52 valence electrons. The van der Waals surface area contributed by atoms with E-state index in [9.17, 15) is 0 Å². The van der Waals surface area contributed by atoms with E-state index >= 15 is 0 Å². The highest BCUT2D eigenvalue weighted by Crippen LogP contribution is 1.91. The van der Waals surface area contributed by atoms with E-state index in [1.165, 1.54) is 6.20 Å². The van der Waals surface area contributed by atoms with Gasteiger partial charge in [-0.1, -0.05) is 6.58 Å². The Morgan fingerprint density at radius 2 is 2.60 bits per heavy atom. The largest absolute Gasteiger partial charge is 0.294 e. The van der Waals surface area contributed by atoms with Gasteiger partial charge in [-0.25, -0.2) is 9.98 Å². The Labute approximate surface area is 59.7 Å². The number of hydrogen-bond acceptors (Lipinski definition) is 2. The number of rotatable bonds is 2. The fourth-order valence-corrected chi connectivity index (χ4v) is 0.611. The molecule has 0 atom stereocenters. The third-order valence-electron chi connectivity index (χ3n) is 1.16. The molecule has 0 amide bonds. The van der Waals surface area contributed by atoms with E-state index in [1.54, 1.807) is 18.9 Å². The minimum Gasteiger partial charge on any atom is -0.294 e. The first kappa shape index (κ1) is 6.74. The molecule has 1 heterocycles. The summed E-state index contributed by atoms with van der Waals surface area (Å²) in [6, 6.07) is 0. The average Bonchev–Trinajstić information content (AvgIpc) is 2.31. The number of aromatic nitrogens is 2. The Balaban J connectivity index is 2.83. The number of hydrogen-bond donors (Lipinski definition) is 0. The molecule has 0 aromatic carbocycles. The molecule has 0 N–H and O–H groups in total. The van der Waals surface area contributed by atoms with Crippen LogP contribution in [0.25, 0.3) is 0 Å². The lowest BCUT2D eigenvalue weighted by atomic mass is 10.5. The van der Waals surface area contributed by atoms with Crippen LogP contribution < -0.4 is 0 Å². The second-order valence-corrected chi connectivity index (χ2v) is 1.89. The third kappa shape index (κ3) is 1.31. The van der Waals surface area contributed by atoms with Crippen molar-refractivity contribution in [1.29, 1.82) is 0 Å². The molecule has 0 saturated carbocycles. The van der Waals surface area contributed by atoms with Crippen molar-refractivity contribution in [2.24, 2.45) is 4.99 Å². The first-order chi connectivity index (χ1) is 4.84. The van der Waals surface area contributed by atoms with Crippen molar-refractivity contribution in [1.82, 2.24) is 9.55 Å². The molecule has 0 aliphatic carbocycles. The predicted octanol–water partition coefficient (Wildman–Crippen LogP) is 1.21. The van der Waals surface area contributed by atoms with Crippen LogP contribution in [0.4, 0.5) is 0 Å². The Kier molecular flexibility index (Phi) is 1.99. The first-order valence-electron chi connectivity index (χ1n) is 2.97. The fourth-order valence-electron chi connectivity index (χ4n) is 0.611. The molecule has 0 fully saturated rings. The summed E-state index contributed by atoms with van der Waals surface area (Å²) in [6.45, 7) is 5.42. The molecule has 1 aromatic rings. The van der Waals surface area contributed by atoms with Crippen molar-refractivity contribution in [2.45, 2.75) is 6.92 Å². The lowest BCUT2D eigenvalue weighted by Crippen LogP contribution is -1.93. The topological polar surface area (TPSA) is 30.2 Å². The van der Waals surface area contributed by atoms with Gasteiger partial charge >= 0.3 is 0 Å². The fraction of sp³-hybridized carbons (Fsp3) is 0.143. The lowest BCUT2D eigenvalue weighted by Gasteiger charge is -1.90. The monoisotopic (exact) mass is 135 g/mol. The van der Waals surface area contributed by atoms with Gasteiger partial charge in [-0.05, 0) is 6.92 Å². The van der Waals surface area contributed by atoms with Gasteiger partial charge in [0.1, 0.15) is 6.33 Å². The molecular weight excluding hydrogens is 126 g/mol. The number of imidazole rings is 1. The van der Waals surface area contributed by atoms with E-state index in [0.717, 1.165) is 5.69 Å². The molecule has 1 rings (SSSR count). The summed E-state index contributed by atoms with van der Waals surface area (Å²) in [5.41, 5.74) is 1.06. The summed E-state index contributed by atoms with van der Waals surface area (Å²) in [6.07, 6.45) is 6.62. The quantitative estimate of drug-likeness (QED) is 0.443. The minimum absolute atomic E-state index is 1.06. The summed E-state index contributed by atoms with van der Waals surface area (Å²) in [4.78, 5) is 7.75. The van der Waals surface area contributed by atoms with Crippen LogP contribution in [-0.4, -0.2) is 15.9 Å². The Morgan fingerprint density at radius 3 is 3.10 bits per heavy atom. The summed E-state index contributed by atoms with van der Waals surface area (Å²) < 4.78 is 1.82. The van der Waals surface area contributed by atoms with Gasteiger partial charge in [0.05, 0.1) is 6.34 Å². The summed E-state index contributed by atoms with van der Waals surface area (Å²) in [7, 11) is 0. The average molecular weight is 135 g/mol. The van der Waals surface area contributed by atoms with Crippen molar-refractivity contribution >= 4 is 6.34 Å². The van der Waals surface area contributed by atoms with Gasteiger partial charge in [-0.15, -0.1) is 0 Å². The van der Waals surface area contributed by atoms with Crippen molar-refractivity contribution in [3.8, 4) is 0 Å². The Bertz CT molecular complexity index is 247. The first-order valence-corrected chi connectivity index (χ1v) is 2.97. The van der Waals surface area contributed by atoms with Crippen LogP contribution in [0, 0.1) is 6.92 Å². The van der Waals surface area contributed by atoms with Gasteiger partial charge < -0.3 is 0 Å². The number of nitrogens with zero attached hydrogens (tertiary/aromatic N) is 3. The molecule has 10 heavy (non-hydrogen) atoms. The van der Waals surface area contributed by atoms with Crippen molar-refractivity contribution in [3.05, 3.63) is 31.0 Å². The van der Waals surface area contributed by atoms with Crippen molar-refractivity contribution < 1.29 is 0 Å². The van der Waals surface area contributed by atoms with Crippen LogP contribution in [0.15, 0.2) is 30.3 Å². The molecule has 3 nitrogen and oxygen atoms in total. The highest BCUT2D eigenvalue weighted by molar-refractivity contribution is 5.59. The zero-order valence-corrected chi connectivity index (χ0v) is 5.86.